The number of ether oxygens (including phenoxy) is 1. The van der Waals surface area contributed by atoms with E-state index >= 15 is 0 Å². The summed E-state index contributed by atoms with van der Waals surface area (Å²) in [5.41, 5.74) is 7.70. The molecule has 1 unspecified atom stereocenters. The fourth-order valence-electron chi connectivity index (χ4n) is 1.72. The fourth-order valence-corrected chi connectivity index (χ4v) is 1.72. The van der Waals surface area contributed by atoms with Gasteiger partial charge < -0.3 is 10.5 Å². The summed E-state index contributed by atoms with van der Waals surface area (Å²) < 4.78 is 5.26. The molecular formula is C14H21NO2. The molecule has 1 aromatic rings. The lowest BCUT2D eigenvalue weighted by Gasteiger charge is -2.12. The smallest absolute Gasteiger partial charge is 0.340 e. The minimum absolute atomic E-state index is 0.325. The number of carbonyl (C=O) groups is 1. The van der Waals surface area contributed by atoms with E-state index in [1.54, 1.807) is 12.1 Å². The van der Waals surface area contributed by atoms with Gasteiger partial charge in [0, 0.05) is 5.69 Å². The molecule has 0 aliphatic heterocycles. The van der Waals surface area contributed by atoms with Crippen LogP contribution in [0.25, 0.3) is 0 Å². The van der Waals surface area contributed by atoms with Crippen molar-refractivity contribution >= 4 is 11.7 Å². The first-order chi connectivity index (χ1) is 8.04. The van der Waals surface area contributed by atoms with E-state index in [-0.39, 0.29) is 5.97 Å². The van der Waals surface area contributed by atoms with E-state index in [1.807, 2.05) is 13.0 Å². The summed E-state index contributed by atoms with van der Waals surface area (Å²) in [7, 11) is 0. The van der Waals surface area contributed by atoms with E-state index in [0.29, 0.717) is 23.8 Å². The number of nitrogens with two attached hydrogens (primary N) is 1. The van der Waals surface area contributed by atoms with Crippen molar-refractivity contribution in [3.8, 4) is 0 Å². The number of anilines is 1. The Hall–Kier alpha value is -1.51. The molecule has 0 bridgehead atoms. The molecule has 0 heterocycles. The average molecular weight is 235 g/mol. The molecule has 1 atom stereocenters. The summed E-state index contributed by atoms with van der Waals surface area (Å²) in [6.07, 6.45) is 2.17. The minimum Gasteiger partial charge on any atom is -0.462 e. The average Bonchev–Trinajstić information content (AvgIpc) is 2.29. The van der Waals surface area contributed by atoms with Gasteiger partial charge in [0.15, 0.2) is 0 Å². The van der Waals surface area contributed by atoms with Gasteiger partial charge in [-0.25, -0.2) is 4.79 Å². The largest absolute Gasteiger partial charge is 0.462 e. The molecule has 0 aliphatic carbocycles. The van der Waals surface area contributed by atoms with Gasteiger partial charge in [0.25, 0.3) is 0 Å². The van der Waals surface area contributed by atoms with E-state index < -0.39 is 0 Å². The van der Waals surface area contributed by atoms with Gasteiger partial charge in [0.05, 0.1) is 12.2 Å². The van der Waals surface area contributed by atoms with Gasteiger partial charge >= 0.3 is 5.97 Å². The van der Waals surface area contributed by atoms with Crippen molar-refractivity contribution in [1.29, 1.82) is 0 Å². The molecule has 17 heavy (non-hydrogen) atoms. The highest BCUT2D eigenvalue weighted by atomic mass is 16.5. The van der Waals surface area contributed by atoms with Crippen LogP contribution in [0.5, 0.6) is 0 Å². The number of carbonyl (C=O) groups excluding carboxylic acids is 1. The molecule has 3 heteroatoms. The summed E-state index contributed by atoms with van der Waals surface area (Å²) >= 11 is 0. The molecule has 0 amide bonds. The third kappa shape index (κ3) is 4.10. The maximum atomic E-state index is 11.8. The maximum absolute atomic E-state index is 11.8. The zero-order valence-corrected chi connectivity index (χ0v) is 10.8. The van der Waals surface area contributed by atoms with Gasteiger partial charge in [-0.3, -0.25) is 0 Å². The third-order valence-corrected chi connectivity index (χ3v) is 2.71. The maximum Gasteiger partial charge on any atom is 0.340 e. The van der Waals surface area contributed by atoms with Crippen molar-refractivity contribution in [2.75, 3.05) is 12.3 Å². The molecule has 0 radical (unpaired) electrons. The summed E-state index contributed by atoms with van der Waals surface area (Å²) in [4.78, 5) is 11.8. The first kappa shape index (κ1) is 13.6. The first-order valence-electron chi connectivity index (χ1n) is 6.07. The normalized spacial score (nSPS) is 12.2. The molecule has 0 saturated carbocycles. The molecule has 0 aliphatic rings. The van der Waals surface area contributed by atoms with Crippen molar-refractivity contribution < 1.29 is 9.53 Å². The molecule has 1 aromatic carbocycles. The predicted octanol–water partition coefficient (Wildman–Crippen LogP) is 3.17. The van der Waals surface area contributed by atoms with Crippen molar-refractivity contribution in [1.82, 2.24) is 0 Å². The Morgan fingerprint density at radius 3 is 2.82 bits per heavy atom. The predicted molar refractivity (Wildman–Crippen MR) is 69.9 cm³/mol. The Kier molecular flexibility index (Phi) is 5.01. The van der Waals surface area contributed by atoms with Crippen LogP contribution in [-0.4, -0.2) is 12.6 Å². The summed E-state index contributed by atoms with van der Waals surface area (Å²) in [5, 5.41) is 0. The van der Waals surface area contributed by atoms with Crippen LogP contribution in [0.1, 0.15) is 42.6 Å². The van der Waals surface area contributed by atoms with E-state index in [9.17, 15) is 4.79 Å². The lowest BCUT2D eigenvalue weighted by molar-refractivity contribution is 0.0445. The molecule has 3 nitrogen and oxygen atoms in total. The van der Waals surface area contributed by atoms with E-state index in [2.05, 4.69) is 13.8 Å². The van der Waals surface area contributed by atoms with Gasteiger partial charge in [0.1, 0.15) is 0 Å². The second-order valence-corrected chi connectivity index (χ2v) is 4.58. The number of nitrogen functional groups attached to an aromatic ring is 1. The number of hydrogen-bond acceptors (Lipinski definition) is 3. The zero-order valence-electron chi connectivity index (χ0n) is 10.8. The molecule has 1 rings (SSSR count). The fraction of sp³-hybridized carbons (Fsp3) is 0.500. The zero-order chi connectivity index (χ0) is 12.8. The highest BCUT2D eigenvalue weighted by Gasteiger charge is 2.12. The standard InChI is InChI=1S/C14H21NO2/c1-4-5-11(3)9-17-14(16)12-8-10(2)6-7-13(12)15/h6-8,11H,4-5,9,15H2,1-3H3. The second kappa shape index (κ2) is 6.28. The molecule has 0 fully saturated rings. The number of esters is 1. The van der Waals surface area contributed by atoms with Crippen LogP contribution in [-0.2, 0) is 4.74 Å². The van der Waals surface area contributed by atoms with Gasteiger partial charge in [-0.15, -0.1) is 0 Å². The lowest BCUT2D eigenvalue weighted by Crippen LogP contribution is -2.13. The third-order valence-electron chi connectivity index (χ3n) is 2.71. The number of aryl methyl sites for hydroxylation is 1. The number of hydrogen-bond donors (Lipinski definition) is 1. The molecule has 2 N–H and O–H groups in total. The van der Waals surface area contributed by atoms with Gasteiger partial charge in [-0.2, -0.15) is 0 Å². The summed E-state index contributed by atoms with van der Waals surface area (Å²) in [6, 6.07) is 5.38. The Morgan fingerprint density at radius 1 is 1.47 bits per heavy atom. The van der Waals surface area contributed by atoms with Crippen LogP contribution in [0.15, 0.2) is 18.2 Å². The van der Waals surface area contributed by atoms with Crippen molar-refractivity contribution in [3.05, 3.63) is 29.3 Å². The van der Waals surface area contributed by atoms with Crippen molar-refractivity contribution in [3.63, 3.8) is 0 Å². The summed E-state index contributed by atoms with van der Waals surface area (Å²) in [5.74, 6) is 0.0733. The second-order valence-electron chi connectivity index (χ2n) is 4.58. The quantitative estimate of drug-likeness (QED) is 0.630. The Balaban J connectivity index is 2.61. The Morgan fingerprint density at radius 2 is 2.18 bits per heavy atom. The van der Waals surface area contributed by atoms with E-state index in [1.165, 1.54) is 0 Å². The SMILES string of the molecule is CCCC(C)COC(=O)c1cc(C)ccc1N. The first-order valence-corrected chi connectivity index (χ1v) is 6.07. The molecule has 0 aromatic heterocycles. The number of benzene rings is 1. The topological polar surface area (TPSA) is 52.3 Å². The number of rotatable bonds is 5. The van der Waals surface area contributed by atoms with Crippen LogP contribution in [0.4, 0.5) is 5.69 Å². The van der Waals surface area contributed by atoms with Crippen LogP contribution < -0.4 is 5.73 Å². The highest BCUT2D eigenvalue weighted by molar-refractivity contribution is 5.95. The van der Waals surface area contributed by atoms with Crippen LogP contribution in [0.2, 0.25) is 0 Å². The van der Waals surface area contributed by atoms with Gasteiger partial charge in [-0.1, -0.05) is 31.9 Å². The van der Waals surface area contributed by atoms with Crippen molar-refractivity contribution in [2.24, 2.45) is 5.92 Å². The molecule has 0 saturated heterocycles. The summed E-state index contributed by atoms with van der Waals surface area (Å²) in [6.45, 7) is 6.59. The lowest BCUT2D eigenvalue weighted by atomic mass is 10.1. The molecule has 94 valence electrons. The molecular weight excluding hydrogens is 214 g/mol. The van der Waals surface area contributed by atoms with Crippen LogP contribution >= 0.6 is 0 Å². The van der Waals surface area contributed by atoms with E-state index in [4.69, 9.17) is 10.5 Å². The van der Waals surface area contributed by atoms with Crippen molar-refractivity contribution in [2.45, 2.75) is 33.6 Å². The molecule has 0 spiro atoms. The van der Waals surface area contributed by atoms with Gasteiger partial charge in [0.2, 0.25) is 0 Å². The van der Waals surface area contributed by atoms with Crippen LogP contribution in [0.3, 0.4) is 0 Å². The van der Waals surface area contributed by atoms with E-state index in [0.717, 1.165) is 18.4 Å². The monoisotopic (exact) mass is 235 g/mol. The van der Waals surface area contributed by atoms with Crippen LogP contribution in [0, 0.1) is 12.8 Å². The Bertz CT molecular complexity index is 388. The Labute approximate surface area is 103 Å². The van der Waals surface area contributed by atoms with Gasteiger partial charge in [-0.05, 0) is 31.4 Å². The minimum atomic E-state index is -0.325. The highest BCUT2D eigenvalue weighted by Crippen LogP contribution is 2.16.